The highest BCUT2D eigenvalue weighted by Crippen LogP contribution is 2.32. The van der Waals surface area contributed by atoms with E-state index in [9.17, 15) is 22.4 Å². The summed E-state index contributed by atoms with van der Waals surface area (Å²) in [5.41, 5.74) is 5.51. The van der Waals surface area contributed by atoms with Gasteiger partial charge in [0, 0.05) is 25.0 Å². The van der Waals surface area contributed by atoms with Crippen molar-refractivity contribution < 1.29 is 31.9 Å². The summed E-state index contributed by atoms with van der Waals surface area (Å²) in [6, 6.07) is 2.68. The molecule has 3 amide bonds. The lowest BCUT2D eigenvalue weighted by Crippen LogP contribution is -2.64. The van der Waals surface area contributed by atoms with Gasteiger partial charge in [-0.25, -0.2) is 33.0 Å². The lowest BCUT2D eigenvalue weighted by molar-refractivity contribution is -0.125. The van der Waals surface area contributed by atoms with E-state index in [1.165, 1.54) is 18.5 Å². The van der Waals surface area contributed by atoms with Gasteiger partial charge in [0.2, 0.25) is 11.8 Å². The van der Waals surface area contributed by atoms with Crippen molar-refractivity contribution in [1.29, 1.82) is 0 Å². The van der Waals surface area contributed by atoms with Gasteiger partial charge in [-0.2, -0.15) is 0 Å². The van der Waals surface area contributed by atoms with E-state index in [1.54, 1.807) is 25.7 Å². The fourth-order valence-corrected chi connectivity index (χ4v) is 5.04. The molecule has 2 atom stereocenters. The standard InChI is InChI=1S/C24H31FN6O6S/c1-13(2)22(32)29-30-24(33)31-15-7-17(8-16(31)11-36-10-15)37-23-14(3)21(26-12-27-23)28-20-6-5-18(9-19(20)25)38(4,34)35/h5-6,9,12-13,15-17H,7-8,10-11H2,1-4H3,(H,29,32)(H,30,33)(H,26,27,28). The molecule has 4 rings (SSSR count). The number of amides is 3. The van der Waals surface area contributed by atoms with Crippen LogP contribution in [0.3, 0.4) is 0 Å². The molecule has 206 valence electrons. The third-order valence-electron chi connectivity index (χ3n) is 6.47. The number of carbonyl (C=O) groups excluding carboxylic acids is 2. The number of fused-ring (bicyclic) bond motifs is 2. The first-order chi connectivity index (χ1) is 17.9. The summed E-state index contributed by atoms with van der Waals surface area (Å²) < 4.78 is 49.8. The highest BCUT2D eigenvalue weighted by Gasteiger charge is 2.43. The van der Waals surface area contributed by atoms with Crippen LogP contribution in [0.25, 0.3) is 0 Å². The quantitative estimate of drug-likeness (QED) is 0.459. The molecule has 0 saturated carbocycles. The Bertz CT molecular complexity index is 1310. The minimum absolute atomic E-state index is 0.0562. The van der Waals surface area contributed by atoms with Crippen molar-refractivity contribution in [3.05, 3.63) is 35.9 Å². The van der Waals surface area contributed by atoms with Gasteiger partial charge in [-0.15, -0.1) is 0 Å². The Kier molecular flexibility index (Phi) is 8.02. The number of aromatic nitrogens is 2. The minimum Gasteiger partial charge on any atom is -0.474 e. The van der Waals surface area contributed by atoms with E-state index < -0.39 is 21.7 Å². The van der Waals surface area contributed by atoms with Crippen molar-refractivity contribution in [2.24, 2.45) is 5.92 Å². The highest BCUT2D eigenvalue weighted by atomic mass is 32.2. The van der Waals surface area contributed by atoms with Crippen LogP contribution in [0.4, 0.5) is 20.7 Å². The lowest BCUT2D eigenvalue weighted by Gasteiger charge is -2.47. The largest absolute Gasteiger partial charge is 0.474 e. The van der Waals surface area contributed by atoms with E-state index in [-0.39, 0.29) is 40.6 Å². The number of hydrazine groups is 1. The molecular weight excluding hydrogens is 519 g/mol. The van der Waals surface area contributed by atoms with Crippen LogP contribution in [-0.4, -0.2) is 72.9 Å². The van der Waals surface area contributed by atoms with Crippen LogP contribution >= 0.6 is 0 Å². The van der Waals surface area contributed by atoms with Crippen molar-refractivity contribution in [3.63, 3.8) is 0 Å². The molecule has 2 aromatic rings. The Morgan fingerprint density at radius 2 is 1.84 bits per heavy atom. The summed E-state index contributed by atoms with van der Waals surface area (Å²) >= 11 is 0. The maximum absolute atomic E-state index is 14.6. The van der Waals surface area contributed by atoms with Crippen LogP contribution in [0, 0.1) is 18.7 Å². The van der Waals surface area contributed by atoms with Gasteiger partial charge in [-0.05, 0) is 25.1 Å². The summed E-state index contributed by atoms with van der Waals surface area (Å²) in [7, 11) is -3.54. The fourth-order valence-electron chi connectivity index (χ4n) is 4.41. The molecule has 2 unspecified atom stereocenters. The zero-order chi connectivity index (χ0) is 27.6. The Labute approximate surface area is 220 Å². The molecule has 0 radical (unpaired) electrons. The number of halogens is 1. The summed E-state index contributed by atoms with van der Waals surface area (Å²) in [4.78, 5) is 34.6. The number of piperidine rings is 1. The zero-order valence-corrected chi connectivity index (χ0v) is 22.3. The second kappa shape index (κ2) is 11.1. The average molecular weight is 551 g/mol. The van der Waals surface area contributed by atoms with Gasteiger partial charge in [-0.3, -0.25) is 10.2 Å². The monoisotopic (exact) mass is 550 g/mol. The van der Waals surface area contributed by atoms with Crippen molar-refractivity contribution in [1.82, 2.24) is 25.7 Å². The molecule has 14 heteroatoms. The number of rotatable bonds is 6. The third kappa shape index (κ3) is 6.13. The summed E-state index contributed by atoms with van der Waals surface area (Å²) in [6.45, 7) is 5.85. The fraction of sp³-hybridized carbons (Fsp3) is 0.500. The Balaban J connectivity index is 1.44. The van der Waals surface area contributed by atoms with Crippen LogP contribution in [0.5, 0.6) is 5.88 Å². The maximum atomic E-state index is 14.6. The Hall–Kier alpha value is -3.52. The SMILES string of the molecule is Cc1c(Nc2ccc(S(C)(=O)=O)cc2F)ncnc1OC1CC2COCC(C1)N2C(=O)NNC(=O)C(C)C. The van der Waals surface area contributed by atoms with Crippen molar-refractivity contribution in [3.8, 4) is 5.88 Å². The van der Waals surface area contributed by atoms with Gasteiger partial charge in [0.05, 0.1) is 41.4 Å². The van der Waals surface area contributed by atoms with Gasteiger partial charge in [0.15, 0.2) is 9.84 Å². The topological polar surface area (TPSA) is 152 Å². The average Bonchev–Trinajstić information content (AvgIpc) is 2.84. The van der Waals surface area contributed by atoms with Gasteiger partial charge in [0.25, 0.3) is 0 Å². The number of nitrogens with zero attached hydrogens (tertiary/aromatic N) is 3. The number of benzene rings is 1. The number of ether oxygens (including phenoxy) is 2. The predicted octanol–water partition coefficient (Wildman–Crippen LogP) is 2.08. The first-order valence-corrected chi connectivity index (χ1v) is 14.0. The molecule has 1 aromatic heterocycles. The number of urea groups is 1. The summed E-state index contributed by atoms with van der Waals surface area (Å²) in [5.74, 6) is -0.676. The first-order valence-electron chi connectivity index (χ1n) is 12.1. The molecule has 0 aliphatic carbocycles. The van der Waals surface area contributed by atoms with Gasteiger partial charge >= 0.3 is 6.03 Å². The number of hydrogen-bond donors (Lipinski definition) is 3. The molecule has 2 saturated heterocycles. The van der Waals surface area contributed by atoms with Crippen LogP contribution in [0.1, 0.15) is 32.3 Å². The van der Waals surface area contributed by atoms with Crippen LogP contribution in [0.2, 0.25) is 0 Å². The van der Waals surface area contributed by atoms with Crippen LogP contribution < -0.4 is 20.9 Å². The van der Waals surface area contributed by atoms with E-state index >= 15 is 0 Å². The molecule has 2 fully saturated rings. The number of carbonyl (C=O) groups is 2. The smallest absolute Gasteiger partial charge is 0.336 e. The Morgan fingerprint density at radius 1 is 1.16 bits per heavy atom. The van der Waals surface area contributed by atoms with E-state index in [1.807, 2.05) is 0 Å². The van der Waals surface area contributed by atoms with Crippen molar-refractivity contribution in [2.75, 3.05) is 24.8 Å². The van der Waals surface area contributed by atoms with Gasteiger partial charge < -0.3 is 19.7 Å². The highest BCUT2D eigenvalue weighted by molar-refractivity contribution is 7.90. The normalized spacial score (nSPS) is 21.1. The second-order valence-electron chi connectivity index (χ2n) is 9.73. The molecule has 2 aliphatic rings. The number of anilines is 2. The molecule has 2 aliphatic heterocycles. The van der Waals surface area contributed by atoms with E-state index in [0.717, 1.165) is 12.3 Å². The van der Waals surface area contributed by atoms with Gasteiger partial charge in [0.1, 0.15) is 24.1 Å². The molecule has 38 heavy (non-hydrogen) atoms. The Morgan fingerprint density at radius 3 is 2.45 bits per heavy atom. The zero-order valence-electron chi connectivity index (χ0n) is 21.5. The number of hydrogen-bond acceptors (Lipinski definition) is 9. The third-order valence-corrected chi connectivity index (χ3v) is 7.58. The number of morpholine rings is 1. The maximum Gasteiger partial charge on any atom is 0.336 e. The molecule has 1 aromatic carbocycles. The summed E-state index contributed by atoms with van der Waals surface area (Å²) in [5, 5.41) is 2.87. The second-order valence-corrected chi connectivity index (χ2v) is 11.7. The molecule has 2 bridgehead atoms. The lowest BCUT2D eigenvalue weighted by atomic mass is 9.92. The predicted molar refractivity (Wildman–Crippen MR) is 135 cm³/mol. The van der Waals surface area contributed by atoms with Crippen LogP contribution in [-0.2, 0) is 19.4 Å². The number of sulfone groups is 1. The van der Waals surface area contributed by atoms with Crippen LogP contribution in [0.15, 0.2) is 29.4 Å². The molecule has 3 heterocycles. The van der Waals surface area contributed by atoms with E-state index in [2.05, 4.69) is 26.1 Å². The molecular formula is C24H31FN6O6S. The van der Waals surface area contributed by atoms with E-state index in [4.69, 9.17) is 9.47 Å². The summed E-state index contributed by atoms with van der Waals surface area (Å²) in [6.07, 6.45) is 2.99. The molecule has 3 N–H and O–H groups in total. The van der Waals surface area contributed by atoms with Crippen molar-refractivity contribution >= 4 is 33.3 Å². The van der Waals surface area contributed by atoms with Crippen molar-refractivity contribution in [2.45, 2.75) is 56.7 Å². The van der Waals surface area contributed by atoms with E-state index in [0.29, 0.717) is 43.3 Å². The molecule has 12 nitrogen and oxygen atoms in total. The molecule has 0 spiro atoms. The minimum atomic E-state index is -3.54. The number of nitrogens with one attached hydrogen (secondary N) is 3. The van der Waals surface area contributed by atoms with Gasteiger partial charge in [-0.1, -0.05) is 13.8 Å². The first kappa shape index (κ1) is 27.5.